The van der Waals surface area contributed by atoms with Crippen LogP contribution in [-0.4, -0.2) is 15.5 Å². The van der Waals surface area contributed by atoms with E-state index in [1.54, 1.807) is 12.1 Å². The fraction of sp³-hybridized carbons (Fsp3) is 0.684. The van der Waals surface area contributed by atoms with E-state index in [1.165, 1.54) is 64.9 Å². The average Bonchev–Trinajstić information content (AvgIpc) is 2.57. The summed E-state index contributed by atoms with van der Waals surface area (Å²) in [7, 11) is -2.62. The molecular weight excluding hydrogens is 324 g/mol. The van der Waals surface area contributed by atoms with Crippen LogP contribution in [0.5, 0.6) is 0 Å². The van der Waals surface area contributed by atoms with Crippen LogP contribution in [0, 0.1) is 0 Å². The van der Waals surface area contributed by atoms with E-state index in [0.717, 1.165) is 18.4 Å². The molecule has 0 N–H and O–H groups in total. The molecule has 0 unspecified atom stereocenters. The van der Waals surface area contributed by atoms with Gasteiger partial charge in [-0.15, -0.1) is 4.33 Å². The van der Waals surface area contributed by atoms with Gasteiger partial charge in [0.05, 0.1) is 12.0 Å². The van der Waals surface area contributed by atoms with E-state index in [2.05, 4.69) is 16.1 Å². The van der Waals surface area contributed by atoms with E-state index in [9.17, 15) is 8.42 Å². The largest absolute Gasteiger partial charge is 0.323 e. The van der Waals surface area contributed by atoms with Crippen LogP contribution in [0.3, 0.4) is 0 Å². The van der Waals surface area contributed by atoms with Gasteiger partial charge in [-0.1, -0.05) is 76.8 Å². The highest BCUT2D eigenvalue weighted by molar-refractivity contribution is 7.86. The van der Waals surface area contributed by atoms with Crippen molar-refractivity contribution in [2.45, 2.75) is 82.4 Å². The van der Waals surface area contributed by atoms with Gasteiger partial charge in [0.25, 0.3) is 0 Å². The molecule has 1 aromatic carbocycles. The highest BCUT2D eigenvalue weighted by Gasteiger charge is 2.15. The summed E-state index contributed by atoms with van der Waals surface area (Å²) in [6.07, 6.45) is 14.2. The lowest BCUT2D eigenvalue weighted by Crippen LogP contribution is -2.05. The summed E-state index contributed by atoms with van der Waals surface area (Å²) in [5, 5.41) is 0. The second-order valence-corrected chi connectivity index (χ2v) is 7.78. The summed E-state index contributed by atoms with van der Waals surface area (Å²) in [6.45, 7) is 2.25. The molecule has 0 atom stereocenters. The predicted molar refractivity (Wildman–Crippen MR) is 97.3 cm³/mol. The zero-order valence-corrected chi connectivity index (χ0v) is 15.9. The highest BCUT2D eigenvalue weighted by atomic mass is 32.2. The summed E-state index contributed by atoms with van der Waals surface area (Å²) in [6, 6.07) is 6.83. The Morgan fingerprint density at radius 3 is 1.79 bits per heavy atom. The Balaban J connectivity index is 2.13. The van der Waals surface area contributed by atoms with Gasteiger partial charge in [0.15, 0.2) is 0 Å². The molecule has 1 rings (SSSR count). The Kier molecular flexibility index (Phi) is 11.0. The molecule has 0 aliphatic heterocycles. The maximum atomic E-state index is 11.6. The smallest absolute Gasteiger partial charge is 0.223 e. The van der Waals surface area contributed by atoms with Crippen molar-refractivity contribution in [2.24, 2.45) is 0 Å². The minimum absolute atomic E-state index is 0.121. The number of hydrogen-bond acceptors (Lipinski definition) is 4. The van der Waals surface area contributed by atoms with Crippen LogP contribution in [0.2, 0.25) is 0 Å². The van der Waals surface area contributed by atoms with Crippen LogP contribution < -0.4 is 0 Å². The second kappa shape index (κ2) is 12.5. The Bertz CT molecular complexity index is 523. The van der Waals surface area contributed by atoms with E-state index >= 15 is 0 Å². The molecule has 0 saturated heterocycles. The topological polar surface area (TPSA) is 52.6 Å². The van der Waals surface area contributed by atoms with Gasteiger partial charge in [0.1, 0.15) is 0 Å². The number of rotatable bonds is 14. The number of hydrogen-bond donors (Lipinski definition) is 0. The molecule has 0 fully saturated rings. The lowest BCUT2D eigenvalue weighted by Gasteiger charge is -2.05. The Labute approximate surface area is 147 Å². The van der Waals surface area contributed by atoms with E-state index in [-0.39, 0.29) is 4.90 Å². The van der Waals surface area contributed by atoms with Gasteiger partial charge in [-0.25, -0.2) is 4.89 Å². The molecule has 24 heavy (non-hydrogen) atoms. The molecule has 1 aromatic rings. The first-order valence-electron chi connectivity index (χ1n) is 9.16. The molecule has 0 heterocycles. The highest BCUT2D eigenvalue weighted by Crippen LogP contribution is 2.16. The minimum Gasteiger partial charge on any atom is -0.223 e. The van der Waals surface area contributed by atoms with Gasteiger partial charge in [0.2, 0.25) is 0 Å². The standard InChI is InChI=1S/C19H32O4S/c1-3-4-5-6-7-8-9-10-11-12-13-18-14-16-19(17-15-18)24(20,21)23-22-2/h14-17H,3-13H2,1-2H3. The molecule has 0 amide bonds. The van der Waals surface area contributed by atoms with Crippen LogP contribution in [0.1, 0.15) is 76.7 Å². The fourth-order valence-corrected chi connectivity index (χ4v) is 3.50. The Hall–Kier alpha value is -0.910. The summed E-state index contributed by atoms with van der Waals surface area (Å²) in [5.41, 5.74) is 1.16. The number of unbranched alkanes of at least 4 members (excludes halogenated alkanes) is 9. The van der Waals surface area contributed by atoms with Crippen LogP contribution in [0.25, 0.3) is 0 Å². The molecule has 0 aliphatic rings. The zero-order chi connectivity index (χ0) is 17.7. The lowest BCUT2D eigenvalue weighted by atomic mass is 10.0. The lowest BCUT2D eigenvalue weighted by molar-refractivity contribution is -0.172. The van der Waals surface area contributed by atoms with E-state index in [0.29, 0.717) is 0 Å². The van der Waals surface area contributed by atoms with E-state index < -0.39 is 10.1 Å². The molecule has 0 aliphatic carbocycles. The zero-order valence-electron chi connectivity index (χ0n) is 15.1. The van der Waals surface area contributed by atoms with Gasteiger partial charge >= 0.3 is 10.1 Å². The van der Waals surface area contributed by atoms with Crippen molar-refractivity contribution in [2.75, 3.05) is 7.11 Å². The quantitative estimate of drug-likeness (QED) is 0.254. The first-order valence-corrected chi connectivity index (χ1v) is 10.6. The molecule has 0 spiro atoms. The maximum Gasteiger partial charge on any atom is 0.323 e. The van der Waals surface area contributed by atoms with Crippen LogP contribution in [0.4, 0.5) is 0 Å². The van der Waals surface area contributed by atoms with Crippen molar-refractivity contribution < 1.29 is 17.6 Å². The van der Waals surface area contributed by atoms with Crippen LogP contribution in [0.15, 0.2) is 29.2 Å². The Morgan fingerprint density at radius 1 is 0.792 bits per heavy atom. The maximum absolute atomic E-state index is 11.6. The molecule has 4 nitrogen and oxygen atoms in total. The normalized spacial score (nSPS) is 11.8. The molecule has 0 saturated carbocycles. The minimum atomic E-state index is -3.79. The first kappa shape index (κ1) is 21.1. The van der Waals surface area contributed by atoms with Crippen LogP contribution in [-0.2, 0) is 25.8 Å². The van der Waals surface area contributed by atoms with Crippen molar-refractivity contribution >= 4 is 10.1 Å². The monoisotopic (exact) mass is 356 g/mol. The summed E-state index contributed by atoms with van der Waals surface area (Å²) < 4.78 is 27.6. The summed E-state index contributed by atoms with van der Waals surface area (Å²) in [4.78, 5) is 4.36. The Morgan fingerprint density at radius 2 is 1.29 bits per heavy atom. The summed E-state index contributed by atoms with van der Waals surface area (Å²) >= 11 is 0. The van der Waals surface area contributed by atoms with E-state index in [1.807, 2.05) is 12.1 Å². The van der Waals surface area contributed by atoms with Gasteiger partial charge in [-0.05, 0) is 30.5 Å². The van der Waals surface area contributed by atoms with Gasteiger partial charge in [0, 0.05) is 0 Å². The summed E-state index contributed by atoms with van der Waals surface area (Å²) in [5.74, 6) is 0. The first-order chi connectivity index (χ1) is 11.6. The number of aryl methyl sites for hydroxylation is 1. The second-order valence-electron chi connectivity index (χ2n) is 6.26. The van der Waals surface area contributed by atoms with Gasteiger partial charge in [-0.3, -0.25) is 0 Å². The molecule has 5 heteroatoms. The van der Waals surface area contributed by atoms with Crippen molar-refractivity contribution in [3.8, 4) is 0 Å². The molecule has 138 valence electrons. The SMILES string of the molecule is CCCCCCCCCCCCc1ccc(S(=O)(=O)OOC)cc1. The molecule has 0 radical (unpaired) electrons. The molecule has 0 aromatic heterocycles. The average molecular weight is 357 g/mol. The van der Waals surface area contributed by atoms with Gasteiger partial charge in [-0.2, -0.15) is 8.42 Å². The third kappa shape index (κ3) is 8.81. The predicted octanol–water partition coefficient (Wildman–Crippen LogP) is 5.42. The van der Waals surface area contributed by atoms with E-state index in [4.69, 9.17) is 0 Å². The van der Waals surface area contributed by atoms with Crippen molar-refractivity contribution in [1.82, 2.24) is 0 Å². The van der Waals surface area contributed by atoms with Crippen molar-refractivity contribution in [1.29, 1.82) is 0 Å². The van der Waals surface area contributed by atoms with Crippen molar-refractivity contribution in [3.63, 3.8) is 0 Å². The van der Waals surface area contributed by atoms with Crippen molar-refractivity contribution in [3.05, 3.63) is 29.8 Å². The molecular formula is C19H32O4S. The van der Waals surface area contributed by atoms with Gasteiger partial charge < -0.3 is 0 Å². The third-order valence-electron chi connectivity index (χ3n) is 4.19. The third-order valence-corrected chi connectivity index (χ3v) is 5.35. The fourth-order valence-electron chi connectivity index (χ4n) is 2.77. The number of benzene rings is 1. The van der Waals surface area contributed by atoms with Crippen LogP contribution >= 0.6 is 0 Å². The molecule has 0 bridgehead atoms.